The van der Waals surface area contributed by atoms with E-state index in [1.165, 1.54) is 12.1 Å². The van der Waals surface area contributed by atoms with Crippen LogP contribution in [-0.2, 0) is 16.0 Å². The maximum Gasteiger partial charge on any atom is 0.335 e. The number of ether oxygens (including phenoxy) is 1. The molecule has 102 valence electrons. The molecule has 0 aliphatic carbocycles. The van der Waals surface area contributed by atoms with Crippen LogP contribution < -0.4 is 0 Å². The minimum atomic E-state index is -0.959. The van der Waals surface area contributed by atoms with E-state index in [4.69, 9.17) is 9.84 Å². The molecule has 0 aromatic heterocycles. The van der Waals surface area contributed by atoms with Crippen LogP contribution in [0.25, 0.3) is 0 Å². The molecule has 5 nitrogen and oxygen atoms in total. The summed E-state index contributed by atoms with van der Waals surface area (Å²) in [6, 6.07) is 6.51. The van der Waals surface area contributed by atoms with Crippen molar-refractivity contribution in [2.24, 2.45) is 0 Å². The minimum Gasteiger partial charge on any atom is -0.478 e. The predicted octanol–water partition coefficient (Wildman–Crippen LogP) is 1.17. The molecule has 1 heterocycles. The Morgan fingerprint density at radius 2 is 2.05 bits per heavy atom. The molecule has 2 rings (SSSR count). The van der Waals surface area contributed by atoms with Crippen LogP contribution in [0.15, 0.2) is 24.3 Å². The Balaban J connectivity index is 2.00. The lowest BCUT2D eigenvalue weighted by Gasteiger charge is -2.33. The Morgan fingerprint density at radius 3 is 2.63 bits per heavy atom. The average molecular weight is 263 g/mol. The lowest BCUT2D eigenvalue weighted by atomic mass is 10.1. The Hall–Kier alpha value is -1.88. The first kappa shape index (κ1) is 13.5. The number of benzene rings is 1. The van der Waals surface area contributed by atoms with Crippen molar-refractivity contribution in [3.8, 4) is 0 Å². The molecule has 1 fully saturated rings. The molecule has 1 N–H and O–H groups in total. The topological polar surface area (TPSA) is 66.8 Å². The first-order valence-electron chi connectivity index (χ1n) is 6.27. The molecule has 1 aliphatic rings. The van der Waals surface area contributed by atoms with Crippen molar-refractivity contribution in [3.63, 3.8) is 0 Å². The van der Waals surface area contributed by atoms with E-state index in [1.807, 2.05) is 11.8 Å². The summed E-state index contributed by atoms with van der Waals surface area (Å²) >= 11 is 0. The monoisotopic (exact) mass is 263 g/mol. The third-order valence-electron chi connectivity index (χ3n) is 3.24. The van der Waals surface area contributed by atoms with Gasteiger partial charge in [-0.25, -0.2) is 4.79 Å². The van der Waals surface area contributed by atoms with Gasteiger partial charge in [0.25, 0.3) is 0 Å². The molecule has 0 radical (unpaired) electrons. The summed E-state index contributed by atoms with van der Waals surface area (Å²) < 4.78 is 5.30. The first-order chi connectivity index (χ1) is 9.08. The number of amides is 1. The minimum absolute atomic E-state index is 0.0545. The van der Waals surface area contributed by atoms with E-state index < -0.39 is 5.97 Å². The molecular formula is C14H17NO4. The smallest absolute Gasteiger partial charge is 0.335 e. The van der Waals surface area contributed by atoms with Gasteiger partial charge >= 0.3 is 5.97 Å². The molecule has 1 aliphatic heterocycles. The van der Waals surface area contributed by atoms with E-state index in [2.05, 4.69) is 0 Å². The van der Waals surface area contributed by atoms with E-state index in [1.54, 1.807) is 12.1 Å². The maximum absolute atomic E-state index is 12.2. The highest BCUT2D eigenvalue weighted by atomic mass is 16.5. The molecule has 0 spiro atoms. The van der Waals surface area contributed by atoms with Gasteiger partial charge in [0.15, 0.2) is 0 Å². The van der Waals surface area contributed by atoms with Crippen molar-refractivity contribution in [2.45, 2.75) is 19.4 Å². The average Bonchev–Trinajstić information content (AvgIpc) is 2.39. The van der Waals surface area contributed by atoms with Gasteiger partial charge in [-0.1, -0.05) is 12.1 Å². The Bertz CT molecular complexity index is 469. The lowest BCUT2D eigenvalue weighted by Crippen LogP contribution is -2.47. The van der Waals surface area contributed by atoms with Crippen LogP contribution in [0.5, 0.6) is 0 Å². The van der Waals surface area contributed by atoms with Gasteiger partial charge in [0.05, 0.1) is 31.2 Å². The molecule has 5 heteroatoms. The maximum atomic E-state index is 12.2. The summed E-state index contributed by atoms with van der Waals surface area (Å²) in [6.45, 7) is 3.73. The van der Waals surface area contributed by atoms with Crippen molar-refractivity contribution < 1.29 is 19.4 Å². The first-order valence-corrected chi connectivity index (χ1v) is 6.27. The van der Waals surface area contributed by atoms with Crippen molar-refractivity contribution >= 4 is 11.9 Å². The van der Waals surface area contributed by atoms with E-state index in [9.17, 15) is 9.59 Å². The quantitative estimate of drug-likeness (QED) is 0.889. The summed E-state index contributed by atoms with van der Waals surface area (Å²) in [5.41, 5.74) is 1.06. The van der Waals surface area contributed by atoms with Crippen LogP contribution in [0, 0.1) is 0 Å². The summed E-state index contributed by atoms with van der Waals surface area (Å²) in [5, 5.41) is 8.81. The van der Waals surface area contributed by atoms with Gasteiger partial charge in [-0.2, -0.15) is 0 Å². The molecule has 1 aromatic carbocycles. The van der Waals surface area contributed by atoms with Gasteiger partial charge in [-0.05, 0) is 24.6 Å². The molecule has 0 saturated carbocycles. The number of hydrogen-bond acceptors (Lipinski definition) is 3. The van der Waals surface area contributed by atoms with Crippen LogP contribution in [-0.4, -0.2) is 47.7 Å². The molecule has 1 saturated heterocycles. The summed E-state index contributed by atoms with van der Waals surface area (Å²) in [7, 11) is 0. The number of morpholine rings is 1. The molecule has 0 bridgehead atoms. The molecular weight excluding hydrogens is 246 g/mol. The molecule has 1 amide bonds. The number of carboxylic acids is 1. The summed E-state index contributed by atoms with van der Waals surface area (Å²) in [5.74, 6) is -0.904. The molecule has 1 aromatic rings. The standard InChI is InChI=1S/C14H17NO4/c1-10-9-19-7-6-15(10)13(16)8-11-2-4-12(5-3-11)14(17)18/h2-5,10H,6-9H2,1H3,(H,17,18). The van der Waals surface area contributed by atoms with E-state index in [0.29, 0.717) is 26.2 Å². The number of hydrogen-bond donors (Lipinski definition) is 1. The molecule has 19 heavy (non-hydrogen) atoms. The van der Waals surface area contributed by atoms with Crippen molar-refractivity contribution in [1.29, 1.82) is 0 Å². The normalized spacial score (nSPS) is 19.2. The van der Waals surface area contributed by atoms with Crippen LogP contribution in [0.1, 0.15) is 22.8 Å². The van der Waals surface area contributed by atoms with Crippen molar-refractivity contribution in [2.75, 3.05) is 19.8 Å². The molecule has 1 atom stereocenters. The van der Waals surface area contributed by atoms with Gasteiger partial charge < -0.3 is 14.7 Å². The Kier molecular flexibility index (Phi) is 4.16. The third kappa shape index (κ3) is 3.32. The number of nitrogens with zero attached hydrogens (tertiary/aromatic N) is 1. The van der Waals surface area contributed by atoms with Crippen LogP contribution >= 0.6 is 0 Å². The summed E-state index contributed by atoms with van der Waals surface area (Å²) in [4.78, 5) is 24.7. The Labute approximate surface area is 111 Å². The highest BCUT2D eigenvalue weighted by Gasteiger charge is 2.23. The lowest BCUT2D eigenvalue weighted by molar-refractivity contribution is -0.138. The highest BCUT2D eigenvalue weighted by molar-refractivity contribution is 5.87. The second kappa shape index (κ2) is 5.84. The number of carbonyl (C=O) groups excluding carboxylic acids is 1. The van der Waals surface area contributed by atoms with Crippen LogP contribution in [0.4, 0.5) is 0 Å². The van der Waals surface area contributed by atoms with Gasteiger partial charge in [0.2, 0.25) is 5.91 Å². The number of carboxylic acid groups (broad SMARTS) is 1. The second-order valence-corrected chi connectivity index (χ2v) is 4.69. The predicted molar refractivity (Wildman–Crippen MR) is 69.1 cm³/mol. The fourth-order valence-electron chi connectivity index (χ4n) is 2.14. The summed E-state index contributed by atoms with van der Waals surface area (Å²) in [6.07, 6.45) is 0.296. The zero-order valence-electron chi connectivity index (χ0n) is 10.8. The van der Waals surface area contributed by atoms with E-state index in [0.717, 1.165) is 5.56 Å². The van der Waals surface area contributed by atoms with Gasteiger partial charge in [0.1, 0.15) is 0 Å². The van der Waals surface area contributed by atoms with E-state index >= 15 is 0 Å². The second-order valence-electron chi connectivity index (χ2n) is 4.69. The van der Waals surface area contributed by atoms with Gasteiger partial charge in [-0.3, -0.25) is 4.79 Å². The molecule has 1 unspecified atom stereocenters. The van der Waals surface area contributed by atoms with Crippen molar-refractivity contribution in [1.82, 2.24) is 4.90 Å². The van der Waals surface area contributed by atoms with Crippen LogP contribution in [0.2, 0.25) is 0 Å². The number of aromatic carboxylic acids is 1. The van der Waals surface area contributed by atoms with Gasteiger partial charge in [-0.15, -0.1) is 0 Å². The Morgan fingerprint density at radius 1 is 1.37 bits per heavy atom. The zero-order valence-corrected chi connectivity index (χ0v) is 10.8. The van der Waals surface area contributed by atoms with Gasteiger partial charge in [0, 0.05) is 6.54 Å². The number of carbonyl (C=O) groups is 2. The van der Waals surface area contributed by atoms with Crippen molar-refractivity contribution in [3.05, 3.63) is 35.4 Å². The highest BCUT2D eigenvalue weighted by Crippen LogP contribution is 2.11. The fraction of sp³-hybridized carbons (Fsp3) is 0.429. The SMILES string of the molecule is CC1COCCN1C(=O)Cc1ccc(C(=O)O)cc1. The largest absolute Gasteiger partial charge is 0.478 e. The number of rotatable bonds is 3. The zero-order chi connectivity index (χ0) is 13.8. The van der Waals surface area contributed by atoms with E-state index in [-0.39, 0.29) is 17.5 Å². The fourth-order valence-corrected chi connectivity index (χ4v) is 2.14. The van der Waals surface area contributed by atoms with Crippen LogP contribution in [0.3, 0.4) is 0 Å². The third-order valence-corrected chi connectivity index (χ3v) is 3.24.